The molecule has 0 N–H and O–H groups in total. The van der Waals surface area contributed by atoms with E-state index in [1.54, 1.807) is 11.3 Å². The van der Waals surface area contributed by atoms with Gasteiger partial charge in [0.2, 0.25) is 0 Å². The van der Waals surface area contributed by atoms with E-state index >= 15 is 0 Å². The van der Waals surface area contributed by atoms with E-state index in [2.05, 4.69) is 46.6 Å². The maximum absolute atomic E-state index is 6.14. The minimum Gasteiger partial charge on any atom is -0.355 e. The topological polar surface area (TPSA) is 29.0 Å². The molecule has 2 heterocycles. The summed E-state index contributed by atoms with van der Waals surface area (Å²) in [6.45, 7) is 2.20. The van der Waals surface area contributed by atoms with E-state index < -0.39 is 0 Å². The van der Waals surface area contributed by atoms with Crippen molar-refractivity contribution in [1.82, 2.24) is 10.2 Å². The fraction of sp³-hybridized carbons (Fsp3) is 0.250. The van der Waals surface area contributed by atoms with Crippen LogP contribution < -0.4 is 4.90 Å². The number of fused-ring (bicyclic) bond motifs is 1. The molecule has 0 fully saturated rings. The van der Waals surface area contributed by atoms with Gasteiger partial charge in [-0.25, -0.2) is 0 Å². The molecule has 1 atom stereocenters. The minimum atomic E-state index is 0.336. The van der Waals surface area contributed by atoms with Crippen LogP contribution in [-0.2, 0) is 6.42 Å². The van der Waals surface area contributed by atoms with Gasteiger partial charge >= 0.3 is 0 Å². The molecule has 0 aliphatic heterocycles. The predicted octanol–water partition coefficient (Wildman–Crippen LogP) is 4.41. The maximum atomic E-state index is 6.14. The first-order valence-electron chi connectivity index (χ1n) is 6.83. The Labute approximate surface area is 133 Å². The molecule has 0 radical (unpaired) electrons. The third-order valence-electron chi connectivity index (χ3n) is 3.69. The normalized spacial score (nSPS) is 12.5. The van der Waals surface area contributed by atoms with Gasteiger partial charge in [0.1, 0.15) is 0 Å². The van der Waals surface area contributed by atoms with Crippen LogP contribution in [0, 0.1) is 0 Å². The molecule has 0 saturated carbocycles. The number of anilines is 1. The highest BCUT2D eigenvalue weighted by Crippen LogP contribution is 2.29. The van der Waals surface area contributed by atoms with E-state index in [0.717, 1.165) is 23.0 Å². The van der Waals surface area contributed by atoms with Crippen LogP contribution in [0.5, 0.6) is 0 Å². The van der Waals surface area contributed by atoms with Crippen molar-refractivity contribution in [2.45, 2.75) is 19.4 Å². The Balaban J connectivity index is 1.94. The second kappa shape index (κ2) is 6.00. The molecule has 3 rings (SSSR count). The molecule has 0 aliphatic rings. The maximum Gasteiger partial charge on any atom is 0.159 e. The standard InChI is InChI=1S/C16H16ClN3S/c1-11(10-12-6-5-9-21-12)20(2)16-14-8-4-3-7-13(14)15(17)18-19-16/h3-9,11H,10H2,1-2H3. The van der Waals surface area contributed by atoms with Crippen molar-refractivity contribution in [3.8, 4) is 0 Å². The van der Waals surface area contributed by atoms with Gasteiger partial charge in [-0.3, -0.25) is 0 Å². The number of hydrogen-bond donors (Lipinski definition) is 0. The average Bonchev–Trinajstić information content (AvgIpc) is 3.00. The Morgan fingerprint density at radius 2 is 1.90 bits per heavy atom. The second-order valence-corrected chi connectivity index (χ2v) is 6.49. The molecule has 108 valence electrons. The first-order chi connectivity index (χ1) is 10.2. The Hall–Kier alpha value is -1.65. The lowest BCUT2D eigenvalue weighted by Gasteiger charge is -2.26. The highest BCUT2D eigenvalue weighted by molar-refractivity contribution is 7.09. The molecule has 0 amide bonds. The fourth-order valence-electron chi connectivity index (χ4n) is 2.38. The molecule has 2 aromatic heterocycles. The van der Waals surface area contributed by atoms with Gasteiger partial charge in [-0.15, -0.1) is 21.5 Å². The zero-order chi connectivity index (χ0) is 14.8. The number of aromatic nitrogens is 2. The summed E-state index contributed by atoms with van der Waals surface area (Å²) >= 11 is 7.92. The van der Waals surface area contributed by atoms with Crippen molar-refractivity contribution in [1.29, 1.82) is 0 Å². The second-order valence-electron chi connectivity index (χ2n) is 5.10. The molecule has 0 spiro atoms. The van der Waals surface area contributed by atoms with Crippen molar-refractivity contribution >= 4 is 39.5 Å². The lowest BCUT2D eigenvalue weighted by Crippen LogP contribution is -2.31. The Bertz CT molecular complexity index is 742. The number of rotatable bonds is 4. The van der Waals surface area contributed by atoms with E-state index in [0.29, 0.717) is 11.2 Å². The molecule has 3 aromatic rings. The summed E-state index contributed by atoms with van der Waals surface area (Å²) in [4.78, 5) is 3.55. The first kappa shape index (κ1) is 14.3. The SMILES string of the molecule is CC(Cc1cccs1)N(C)c1nnc(Cl)c2ccccc12. The van der Waals surface area contributed by atoms with E-state index in [9.17, 15) is 0 Å². The van der Waals surface area contributed by atoms with Crippen LogP contribution in [0.2, 0.25) is 5.15 Å². The van der Waals surface area contributed by atoms with Gasteiger partial charge in [-0.05, 0) is 18.4 Å². The summed E-state index contributed by atoms with van der Waals surface area (Å²) in [6, 6.07) is 12.6. The van der Waals surface area contributed by atoms with Crippen LogP contribution >= 0.6 is 22.9 Å². The molecule has 3 nitrogen and oxygen atoms in total. The summed E-state index contributed by atoms with van der Waals surface area (Å²) in [5, 5.41) is 12.9. The average molecular weight is 318 g/mol. The molecular formula is C16H16ClN3S. The van der Waals surface area contributed by atoms with Crippen LogP contribution in [0.15, 0.2) is 41.8 Å². The van der Waals surface area contributed by atoms with E-state index in [4.69, 9.17) is 11.6 Å². The number of hydrogen-bond acceptors (Lipinski definition) is 4. The Kier molecular flexibility index (Phi) is 4.08. The molecule has 0 bridgehead atoms. The van der Waals surface area contributed by atoms with Crippen molar-refractivity contribution in [2.75, 3.05) is 11.9 Å². The van der Waals surface area contributed by atoms with Gasteiger partial charge in [-0.2, -0.15) is 0 Å². The number of nitrogens with zero attached hydrogens (tertiary/aromatic N) is 3. The lowest BCUT2D eigenvalue weighted by atomic mass is 10.1. The fourth-order valence-corrected chi connectivity index (χ4v) is 3.41. The zero-order valence-corrected chi connectivity index (χ0v) is 13.5. The largest absolute Gasteiger partial charge is 0.355 e. The number of likely N-dealkylation sites (N-methyl/N-ethyl adjacent to an activating group) is 1. The summed E-state index contributed by atoms with van der Waals surface area (Å²) in [7, 11) is 2.06. The van der Waals surface area contributed by atoms with Gasteiger partial charge in [0.15, 0.2) is 11.0 Å². The summed E-state index contributed by atoms with van der Waals surface area (Å²) in [5.41, 5.74) is 0. The molecule has 1 unspecified atom stereocenters. The molecule has 1 aromatic carbocycles. The van der Waals surface area contributed by atoms with Gasteiger partial charge in [0.25, 0.3) is 0 Å². The van der Waals surface area contributed by atoms with Crippen LogP contribution in [0.3, 0.4) is 0 Å². The summed E-state index contributed by atoms with van der Waals surface area (Å²) < 4.78 is 0. The number of thiophene rings is 1. The van der Waals surface area contributed by atoms with Crippen LogP contribution in [0.4, 0.5) is 5.82 Å². The van der Waals surface area contributed by atoms with E-state index in [-0.39, 0.29) is 0 Å². The molecule has 0 saturated heterocycles. The highest BCUT2D eigenvalue weighted by Gasteiger charge is 2.16. The Morgan fingerprint density at radius 3 is 2.62 bits per heavy atom. The van der Waals surface area contributed by atoms with Crippen molar-refractivity contribution < 1.29 is 0 Å². The molecule has 21 heavy (non-hydrogen) atoms. The number of benzene rings is 1. The van der Waals surface area contributed by atoms with Crippen molar-refractivity contribution in [3.05, 3.63) is 51.8 Å². The smallest absolute Gasteiger partial charge is 0.159 e. The van der Waals surface area contributed by atoms with Gasteiger partial charge in [0.05, 0.1) is 0 Å². The summed E-state index contributed by atoms with van der Waals surface area (Å²) in [6.07, 6.45) is 0.993. The zero-order valence-electron chi connectivity index (χ0n) is 12.0. The van der Waals surface area contributed by atoms with Gasteiger partial charge in [-0.1, -0.05) is 41.9 Å². The van der Waals surface area contributed by atoms with Crippen LogP contribution in [-0.4, -0.2) is 23.3 Å². The summed E-state index contributed by atoms with van der Waals surface area (Å²) in [5.74, 6) is 0.874. The van der Waals surface area contributed by atoms with Crippen molar-refractivity contribution in [3.63, 3.8) is 0 Å². The monoisotopic (exact) mass is 317 g/mol. The molecular weight excluding hydrogens is 302 g/mol. The first-order valence-corrected chi connectivity index (χ1v) is 8.08. The third kappa shape index (κ3) is 2.87. The third-order valence-corrected chi connectivity index (χ3v) is 4.87. The minimum absolute atomic E-state index is 0.336. The van der Waals surface area contributed by atoms with Crippen LogP contribution in [0.25, 0.3) is 10.8 Å². The van der Waals surface area contributed by atoms with Crippen LogP contribution in [0.1, 0.15) is 11.8 Å². The lowest BCUT2D eigenvalue weighted by molar-refractivity contribution is 0.678. The Morgan fingerprint density at radius 1 is 1.14 bits per heavy atom. The van der Waals surface area contributed by atoms with Crippen molar-refractivity contribution in [2.24, 2.45) is 0 Å². The van der Waals surface area contributed by atoms with E-state index in [1.807, 2.05) is 24.3 Å². The predicted molar refractivity (Wildman–Crippen MR) is 90.4 cm³/mol. The number of halogens is 1. The van der Waals surface area contributed by atoms with Gasteiger partial charge in [0, 0.05) is 35.2 Å². The highest BCUT2D eigenvalue weighted by atomic mass is 35.5. The quantitative estimate of drug-likeness (QED) is 0.713. The van der Waals surface area contributed by atoms with Gasteiger partial charge < -0.3 is 4.90 Å². The molecule has 5 heteroatoms. The van der Waals surface area contributed by atoms with E-state index in [1.165, 1.54) is 4.88 Å². The molecule has 0 aliphatic carbocycles.